The van der Waals surface area contributed by atoms with Crippen molar-refractivity contribution in [1.29, 1.82) is 0 Å². The summed E-state index contributed by atoms with van der Waals surface area (Å²) in [6.45, 7) is 0. The summed E-state index contributed by atoms with van der Waals surface area (Å²) < 4.78 is 1.68. The van der Waals surface area contributed by atoms with Crippen LogP contribution in [0.2, 0.25) is 0 Å². The number of hydrogen-bond donors (Lipinski definition) is 1. The Bertz CT molecular complexity index is 931. The van der Waals surface area contributed by atoms with Gasteiger partial charge in [-0.05, 0) is 31.0 Å². The topological polar surface area (TPSA) is 98.8 Å². The molecule has 1 aliphatic carbocycles. The van der Waals surface area contributed by atoms with Gasteiger partial charge >= 0.3 is 0 Å². The normalized spacial score (nSPS) is 14.8. The van der Waals surface area contributed by atoms with Gasteiger partial charge in [0.15, 0.2) is 0 Å². The van der Waals surface area contributed by atoms with Crippen LogP contribution in [0.5, 0.6) is 0 Å². The number of hydrogen-bond acceptors (Lipinski definition) is 6. The third-order valence-corrected chi connectivity index (χ3v) is 4.80. The number of nitrogens with zero attached hydrogens (tertiary/aromatic N) is 5. The molecule has 27 heavy (non-hydrogen) atoms. The number of nitrogens with one attached hydrogen (secondary N) is 1. The van der Waals surface area contributed by atoms with Gasteiger partial charge in [0, 0.05) is 36.1 Å². The number of aromatic nitrogens is 4. The number of rotatable bonds is 5. The molecule has 0 saturated heterocycles. The van der Waals surface area contributed by atoms with Gasteiger partial charge in [-0.3, -0.25) is 10.1 Å². The molecule has 0 radical (unpaired) electrons. The van der Waals surface area contributed by atoms with Crippen LogP contribution in [0.25, 0.3) is 16.9 Å². The molecule has 8 nitrogen and oxygen atoms in total. The van der Waals surface area contributed by atoms with Gasteiger partial charge in [-0.1, -0.05) is 19.3 Å². The molecule has 1 aliphatic rings. The average molecular weight is 364 g/mol. The van der Waals surface area contributed by atoms with Crippen molar-refractivity contribution in [3.63, 3.8) is 0 Å². The molecule has 0 unspecified atom stereocenters. The van der Waals surface area contributed by atoms with Crippen molar-refractivity contribution in [3.8, 4) is 16.9 Å². The SMILES string of the molecule is O=[N+]([O-])c1ccc(-n2cc(-c3ccnc(NC4CCCCC4)n3)cn2)cc1. The summed E-state index contributed by atoms with van der Waals surface area (Å²) in [5.74, 6) is 0.641. The minimum absolute atomic E-state index is 0.0559. The van der Waals surface area contributed by atoms with E-state index in [1.807, 2.05) is 12.3 Å². The van der Waals surface area contributed by atoms with E-state index in [1.54, 1.807) is 29.2 Å². The lowest BCUT2D eigenvalue weighted by Crippen LogP contribution is -2.23. The zero-order valence-corrected chi connectivity index (χ0v) is 14.8. The van der Waals surface area contributed by atoms with Gasteiger partial charge in [-0.25, -0.2) is 14.6 Å². The predicted octanol–water partition coefficient (Wildman–Crippen LogP) is 3.98. The van der Waals surface area contributed by atoms with Gasteiger partial charge in [0.2, 0.25) is 5.95 Å². The zero-order valence-electron chi connectivity index (χ0n) is 14.8. The first-order valence-corrected chi connectivity index (χ1v) is 9.08. The highest BCUT2D eigenvalue weighted by Crippen LogP contribution is 2.23. The molecule has 1 N–H and O–H groups in total. The maximum absolute atomic E-state index is 10.8. The van der Waals surface area contributed by atoms with Gasteiger partial charge in [0.1, 0.15) is 0 Å². The second-order valence-corrected chi connectivity index (χ2v) is 6.69. The second-order valence-electron chi connectivity index (χ2n) is 6.69. The van der Waals surface area contributed by atoms with Crippen molar-refractivity contribution >= 4 is 11.6 Å². The summed E-state index contributed by atoms with van der Waals surface area (Å²) in [6, 6.07) is 8.57. The lowest BCUT2D eigenvalue weighted by atomic mass is 9.96. The highest BCUT2D eigenvalue weighted by molar-refractivity contribution is 5.59. The first kappa shape index (κ1) is 17.1. The quantitative estimate of drug-likeness (QED) is 0.543. The predicted molar refractivity (Wildman–Crippen MR) is 102 cm³/mol. The molecule has 2 aromatic heterocycles. The first-order valence-electron chi connectivity index (χ1n) is 9.08. The van der Waals surface area contributed by atoms with E-state index in [2.05, 4.69) is 20.4 Å². The number of non-ortho nitro benzene ring substituents is 1. The smallest absolute Gasteiger partial charge is 0.269 e. The van der Waals surface area contributed by atoms with Crippen LogP contribution in [0.1, 0.15) is 32.1 Å². The van der Waals surface area contributed by atoms with Crippen LogP contribution < -0.4 is 5.32 Å². The Hall–Kier alpha value is -3.29. The van der Waals surface area contributed by atoms with E-state index >= 15 is 0 Å². The van der Waals surface area contributed by atoms with Crippen LogP contribution in [-0.2, 0) is 0 Å². The van der Waals surface area contributed by atoms with E-state index in [1.165, 1.54) is 31.4 Å². The van der Waals surface area contributed by atoms with Gasteiger partial charge < -0.3 is 5.32 Å². The molecule has 1 saturated carbocycles. The highest BCUT2D eigenvalue weighted by atomic mass is 16.6. The molecule has 0 bridgehead atoms. The molecule has 4 rings (SSSR count). The van der Waals surface area contributed by atoms with E-state index in [-0.39, 0.29) is 5.69 Å². The lowest BCUT2D eigenvalue weighted by Gasteiger charge is -2.22. The summed E-state index contributed by atoms with van der Waals surface area (Å²) in [4.78, 5) is 19.3. The van der Waals surface area contributed by atoms with Crippen molar-refractivity contribution in [1.82, 2.24) is 19.7 Å². The summed E-state index contributed by atoms with van der Waals surface area (Å²) >= 11 is 0. The van der Waals surface area contributed by atoms with E-state index < -0.39 is 4.92 Å². The molecule has 0 aliphatic heterocycles. The number of benzene rings is 1. The molecule has 0 atom stereocenters. The van der Waals surface area contributed by atoms with E-state index in [0.29, 0.717) is 12.0 Å². The van der Waals surface area contributed by atoms with E-state index in [9.17, 15) is 10.1 Å². The molecular weight excluding hydrogens is 344 g/mol. The summed E-state index contributed by atoms with van der Waals surface area (Å²) in [7, 11) is 0. The highest BCUT2D eigenvalue weighted by Gasteiger charge is 2.15. The maximum Gasteiger partial charge on any atom is 0.269 e. The zero-order chi connectivity index (χ0) is 18.6. The fourth-order valence-corrected chi connectivity index (χ4v) is 3.34. The van der Waals surface area contributed by atoms with Gasteiger partial charge in [0.05, 0.1) is 22.5 Å². The Kier molecular flexibility index (Phi) is 4.78. The van der Waals surface area contributed by atoms with Crippen LogP contribution in [0.4, 0.5) is 11.6 Å². The molecular formula is C19H20N6O2. The lowest BCUT2D eigenvalue weighted by molar-refractivity contribution is -0.384. The van der Waals surface area contributed by atoms with Crippen LogP contribution in [-0.4, -0.2) is 30.7 Å². The van der Waals surface area contributed by atoms with Crippen molar-refractivity contribution in [2.45, 2.75) is 38.1 Å². The first-order chi connectivity index (χ1) is 13.2. The van der Waals surface area contributed by atoms with Gasteiger partial charge in [-0.2, -0.15) is 5.10 Å². The maximum atomic E-state index is 10.8. The largest absolute Gasteiger partial charge is 0.351 e. The van der Waals surface area contributed by atoms with Crippen molar-refractivity contribution < 1.29 is 4.92 Å². The van der Waals surface area contributed by atoms with Crippen molar-refractivity contribution in [2.75, 3.05) is 5.32 Å². The molecule has 3 aromatic rings. The van der Waals surface area contributed by atoms with Gasteiger partial charge in [0.25, 0.3) is 5.69 Å². The molecule has 8 heteroatoms. The average Bonchev–Trinajstić information content (AvgIpc) is 3.19. The Labute approximate surface area is 156 Å². The number of nitro groups is 1. The minimum atomic E-state index is -0.417. The number of nitro benzene ring substituents is 1. The Morgan fingerprint density at radius 2 is 1.89 bits per heavy atom. The molecule has 1 aromatic carbocycles. The van der Waals surface area contributed by atoms with Crippen LogP contribution in [0, 0.1) is 10.1 Å². The Morgan fingerprint density at radius 3 is 2.63 bits per heavy atom. The second kappa shape index (κ2) is 7.53. The fourth-order valence-electron chi connectivity index (χ4n) is 3.34. The van der Waals surface area contributed by atoms with Gasteiger partial charge in [-0.15, -0.1) is 0 Å². The minimum Gasteiger partial charge on any atom is -0.351 e. The number of anilines is 1. The summed E-state index contributed by atoms with van der Waals surface area (Å²) in [5.41, 5.74) is 2.46. The molecule has 0 spiro atoms. The third-order valence-electron chi connectivity index (χ3n) is 4.80. The molecule has 2 heterocycles. The standard InChI is InChI=1S/C19H20N6O2/c26-25(27)17-8-6-16(7-9-17)24-13-14(12-21-24)18-10-11-20-19(23-18)22-15-4-2-1-3-5-15/h6-13,15H,1-5H2,(H,20,22,23). The van der Waals surface area contributed by atoms with Crippen LogP contribution in [0.3, 0.4) is 0 Å². The van der Waals surface area contributed by atoms with E-state index in [4.69, 9.17) is 0 Å². The Balaban J connectivity index is 1.52. The molecule has 138 valence electrons. The monoisotopic (exact) mass is 364 g/mol. The fraction of sp³-hybridized carbons (Fsp3) is 0.316. The Morgan fingerprint density at radius 1 is 1.11 bits per heavy atom. The third kappa shape index (κ3) is 3.94. The van der Waals surface area contributed by atoms with Crippen molar-refractivity contribution in [3.05, 3.63) is 59.0 Å². The molecule has 0 amide bonds. The summed E-state index contributed by atoms with van der Waals surface area (Å²) in [5, 5.41) is 18.6. The summed E-state index contributed by atoms with van der Waals surface area (Å²) in [6.07, 6.45) is 11.5. The molecule has 1 fully saturated rings. The van der Waals surface area contributed by atoms with Crippen LogP contribution >= 0.6 is 0 Å². The van der Waals surface area contributed by atoms with Crippen molar-refractivity contribution in [2.24, 2.45) is 0 Å². The van der Waals surface area contributed by atoms with E-state index in [0.717, 1.165) is 29.8 Å². The van der Waals surface area contributed by atoms with Crippen LogP contribution in [0.15, 0.2) is 48.9 Å².